The van der Waals surface area contributed by atoms with E-state index in [0.29, 0.717) is 21.9 Å². The van der Waals surface area contributed by atoms with Gasteiger partial charge in [-0.25, -0.2) is 0 Å². The maximum absolute atomic E-state index is 14.0. The second kappa shape index (κ2) is 9.86. The zero-order valence-corrected chi connectivity index (χ0v) is 28.1. The average Bonchev–Trinajstić information content (AvgIpc) is 3.46. The molecule has 4 heteroatoms. The van der Waals surface area contributed by atoms with Gasteiger partial charge in [-0.3, -0.25) is 4.79 Å². The van der Waals surface area contributed by atoms with Gasteiger partial charge in [-0.1, -0.05) is 117 Å². The lowest BCUT2D eigenvalue weighted by Crippen LogP contribution is -2.37. The van der Waals surface area contributed by atoms with E-state index in [2.05, 4.69) is 128 Å². The number of fused-ring (bicyclic) bond motifs is 13. The van der Waals surface area contributed by atoms with E-state index in [0.717, 1.165) is 45.3 Å². The summed E-state index contributed by atoms with van der Waals surface area (Å²) >= 11 is 0. The molecule has 0 fully saturated rings. The highest BCUT2D eigenvalue weighted by Gasteiger charge is 2.53. The summed E-state index contributed by atoms with van der Waals surface area (Å²) in [6, 6.07) is 52.8. The van der Waals surface area contributed by atoms with Gasteiger partial charge in [0.05, 0.1) is 33.2 Å². The van der Waals surface area contributed by atoms with Crippen molar-refractivity contribution in [2.45, 2.75) is 24.7 Å². The molecule has 3 aliphatic rings. The van der Waals surface area contributed by atoms with Gasteiger partial charge in [0.1, 0.15) is 17.1 Å². The molecule has 1 spiro atoms. The Labute approximate surface area is 294 Å². The van der Waals surface area contributed by atoms with E-state index in [1.807, 2.05) is 42.5 Å². The van der Waals surface area contributed by atoms with Crippen LogP contribution in [0.5, 0.6) is 11.5 Å². The lowest BCUT2D eigenvalue weighted by molar-refractivity contribution is 0.417. The highest BCUT2D eigenvalue weighted by atomic mass is 16.5. The third kappa shape index (κ3) is 3.51. The number of ether oxygens (including phenoxy) is 1. The second-order valence-electron chi connectivity index (χ2n) is 14.4. The van der Waals surface area contributed by atoms with Gasteiger partial charge in [-0.05, 0) is 75.8 Å². The minimum Gasteiger partial charge on any atom is -0.457 e. The molecule has 0 saturated carbocycles. The van der Waals surface area contributed by atoms with E-state index < -0.39 is 5.41 Å². The summed E-state index contributed by atoms with van der Waals surface area (Å²) in [6.07, 6.45) is 0. The molecule has 2 aliphatic heterocycles. The molecule has 0 atom stereocenters. The van der Waals surface area contributed by atoms with Crippen molar-refractivity contribution in [2.75, 3.05) is 4.90 Å². The third-order valence-electron chi connectivity index (χ3n) is 11.5. The van der Waals surface area contributed by atoms with Crippen molar-refractivity contribution in [1.82, 2.24) is 0 Å². The van der Waals surface area contributed by atoms with Crippen LogP contribution in [0.2, 0.25) is 0 Å². The second-order valence-corrected chi connectivity index (χ2v) is 14.4. The predicted octanol–water partition coefficient (Wildman–Crippen LogP) is 11.5. The number of benzene rings is 7. The lowest BCUT2D eigenvalue weighted by atomic mass is 9.63. The molecule has 8 aromatic rings. The molecule has 0 N–H and O–H groups in total. The Morgan fingerprint density at radius 3 is 1.88 bits per heavy atom. The van der Waals surface area contributed by atoms with Crippen molar-refractivity contribution >= 4 is 39.0 Å². The zero-order valence-electron chi connectivity index (χ0n) is 28.1. The summed E-state index contributed by atoms with van der Waals surface area (Å²) in [6.45, 7) is 4.59. The molecule has 242 valence electrons. The zero-order chi connectivity index (χ0) is 34.1. The summed E-state index contributed by atoms with van der Waals surface area (Å²) in [4.78, 5) is 16.3. The standard InChI is InChI=1S/C47H31NO3/c1-46(2)35-21-9-12-25-42(35)50-43-27-40-36(26-37(43)46)47(32-18-6-3-14-28(32)29-15-4-7-19-33(29)47)34-20-8-10-22-38(34)48(40)39-23-13-17-31-44(49)30-16-5-11-24-41(30)51-45(31)39/h3-27H,1-2H3. The van der Waals surface area contributed by atoms with Crippen molar-refractivity contribution in [1.29, 1.82) is 0 Å². The summed E-state index contributed by atoms with van der Waals surface area (Å²) in [5, 5.41) is 1.12. The van der Waals surface area contributed by atoms with Crippen LogP contribution in [0.4, 0.5) is 17.1 Å². The van der Waals surface area contributed by atoms with Gasteiger partial charge in [0.2, 0.25) is 5.43 Å². The van der Waals surface area contributed by atoms with Crippen LogP contribution in [0.1, 0.15) is 47.2 Å². The van der Waals surface area contributed by atoms with Gasteiger partial charge in [-0.2, -0.15) is 0 Å². The van der Waals surface area contributed by atoms with Crippen LogP contribution in [0.25, 0.3) is 33.1 Å². The first-order valence-electron chi connectivity index (χ1n) is 17.5. The maximum atomic E-state index is 14.0. The van der Waals surface area contributed by atoms with Gasteiger partial charge in [0.15, 0.2) is 5.58 Å². The van der Waals surface area contributed by atoms with Crippen LogP contribution in [0, 0.1) is 0 Å². The lowest BCUT2D eigenvalue weighted by Gasteiger charge is -2.46. The Morgan fingerprint density at radius 2 is 1.10 bits per heavy atom. The molecule has 0 bridgehead atoms. The Hall–Kier alpha value is -6.39. The van der Waals surface area contributed by atoms with E-state index in [1.54, 1.807) is 0 Å². The molecule has 1 aliphatic carbocycles. The van der Waals surface area contributed by atoms with Gasteiger partial charge in [-0.15, -0.1) is 0 Å². The van der Waals surface area contributed by atoms with Crippen LogP contribution in [0.15, 0.2) is 161 Å². The number of para-hydroxylation sites is 4. The van der Waals surface area contributed by atoms with Gasteiger partial charge in [0, 0.05) is 22.6 Å². The first-order valence-corrected chi connectivity index (χ1v) is 17.5. The Balaban J connectivity index is 1.31. The molecule has 0 unspecified atom stereocenters. The Bertz CT molecular complexity index is 2820. The molecule has 7 aromatic carbocycles. The fraction of sp³-hybridized carbons (Fsp3) is 0.0851. The number of hydrogen-bond donors (Lipinski definition) is 0. The van der Waals surface area contributed by atoms with Crippen molar-refractivity contribution in [3.05, 3.63) is 195 Å². The highest BCUT2D eigenvalue weighted by molar-refractivity contribution is 6.03. The number of nitrogens with zero attached hydrogens (tertiary/aromatic N) is 1. The first-order chi connectivity index (χ1) is 25.0. The summed E-state index contributed by atoms with van der Waals surface area (Å²) in [5.41, 5.74) is 12.6. The smallest absolute Gasteiger partial charge is 0.200 e. The van der Waals surface area contributed by atoms with Crippen molar-refractivity contribution < 1.29 is 9.15 Å². The number of anilines is 3. The molecule has 0 amide bonds. The van der Waals surface area contributed by atoms with E-state index in [4.69, 9.17) is 9.15 Å². The predicted molar refractivity (Wildman–Crippen MR) is 204 cm³/mol. The number of hydrogen-bond acceptors (Lipinski definition) is 4. The third-order valence-corrected chi connectivity index (χ3v) is 11.5. The molecular formula is C47H31NO3. The SMILES string of the molecule is CC1(C)c2ccccc2Oc2cc3c(cc21)C1(c2ccccc2-c2ccccc21)c1ccccc1N3c1cccc2c(=O)c3ccccc3oc12. The van der Waals surface area contributed by atoms with Crippen LogP contribution in [-0.4, -0.2) is 0 Å². The Morgan fingerprint density at radius 1 is 0.490 bits per heavy atom. The van der Waals surface area contributed by atoms with Crippen LogP contribution < -0.4 is 15.1 Å². The van der Waals surface area contributed by atoms with E-state index in [9.17, 15) is 4.79 Å². The summed E-state index contributed by atoms with van der Waals surface area (Å²) in [5.74, 6) is 1.69. The highest BCUT2D eigenvalue weighted by Crippen LogP contribution is 2.65. The van der Waals surface area contributed by atoms with E-state index in [-0.39, 0.29) is 10.8 Å². The molecule has 0 radical (unpaired) electrons. The van der Waals surface area contributed by atoms with Crippen LogP contribution >= 0.6 is 0 Å². The molecule has 3 heterocycles. The van der Waals surface area contributed by atoms with E-state index >= 15 is 0 Å². The van der Waals surface area contributed by atoms with Crippen LogP contribution in [0.3, 0.4) is 0 Å². The Kier molecular flexibility index (Phi) is 5.50. The quantitative estimate of drug-likeness (QED) is 0.165. The summed E-state index contributed by atoms with van der Waals surface area (Å²) in [7, 11) is 0. The van der Waals surface area contributed by atoms with Crippen molar-refractivity contribution in [3.63, 3.8) is 0 Å². The average molecular weight is 658 g/mol. The van der Waals surface area contributed by atoms with Gasteiger partial charge in [0.25, 0.3) is 0 Å². The fourth-order valence-corrected chi connectivity index (χ4v) is 9.28. The van der Waals surface area contributed by atoms with E-state index in [1.165, 1.54) is 27.8 Å². The first kappa shape index (κ1) is 28.4. The molecule has 51 heavy (non-hydrogen) atoms. The fourth-order valence-electron chi connectivity index (χ4n) is 9.28. The normalized spacial score (nSPS) is 15.4. The molecular weight excluding hydrogens is 627 g/mol. The number of rotatable bonds is 1. The molecule has 4 nitrogen and oxygen atoms in total. The van der Waals surface area contributed by atoms with Crippen LogP contribution in [-0.2, 0) is 10.8 Å². The molecule has 11 rings (SSSR count). The van der Waals surface area contributed by atoms with Gasteiger partial charge < -0.3 is 14.1 Å². The summed E-state index contributed by atoms with van der Waals surface area (Å²) < 4.78 is 13.5. The minimum atomic E-state index is -0.615. The maximum Gasteiger partial charge on any atom is 0.200 e. The van der Waals surface area contributed by atoms with Crippen molar-refractivity contribution in [2.24, 2.45) is 0 Å². The van der Waals surface area contributed by atoms with Gasteiger partial charge >= 0.3 is 0 Å². The largest absolute Gasteiger partial charge is 0.457 e. The minimum absolute atomic E-state index is 0.0403. The topological polar surface area (TPSA) is 42.7 Å². The van der Waals surface area contributed by atoms with Crippen molar-refractivity contribution in [3.8, 4) is 22.6 Å². The monoisotopic (exact) mass is 657 g/mol. The molecule has 0 saturated heterocycles. The molecule has 1 aromatic heterocycles.